The fourth-order valence-electron chi connectivity index (χ4n) is 3.22. The van der Waals surface area contributed by atoms with Gasteiger partial charge >= 0.3 is 0 Å². The van der Waals surface area contributed by atoms with Crippen molar-refractivity contribution < 1.29 is 8.42 Å². The van der Waals surface area contributed by atoms with Gasteiger partial charge in [0.2, 0.25) is 10.0 Å². The molecule has 1 aliphatic heterocycles. The van der Waals surface area contributed by atoms with E-state index >= 15 is 0 Å². The van der Waals surface area contributed by atoms with E-state index in [2.05, 4.69) is 49.6 Å². The van der Waals surface area contributed by atoms with Crippen LogP contribution in [0.5, 0.6) is 0 Å². The van der Waals surface area contributed by atoms with Gasteiger partial charge in [-0.15, -0.1) is 24.0 Å². The number of rotatable bonds is 6. The van der Waals surface area contributed by atoms with E-state index < -0.39 is 10.0 Å². The molecule has 1 aromatic carbocycles. The number of nitrogens with one attached hydrogen (secondary N) is 2. The summed E-state index contributed by atoms with van der Waals surface area (Å²) in [5.41, 5.74) is 3.76. The lowest BCUT2D eigenvalue weighted by atomic mass is 9.98. The highest BCUT2D eigenvalue weighted by Gasteiger charge is 2.24. The summed E-state index contributed by atoms with van der Waals surface area (Å²) < 4.78 is 24.8. The van der Waals surface area contributed by atoms with E-state index in [-0.39, 0.29) is 24.0 Å². The smallest absolute Gasteiger partial charge is 0.211 e. The predicted octanol–water partition coefficient (Wildman–Crippen LogP) is 2.65. The van der Waals surface area contributed by atoms with E-state index in [4.69, 9.17) is 4.99 Å². The highest BCUT2D eigenvalue weighted by molar-refractivity contribution is 14.0. The fraction of sp³-hybridized carbons (Fsp3) is 0.632. The summed E-state index contributed by atoms with van der Waals surface area (Å²) in [6.45, 7) is 9.77. The molecule has 1 fully saturated rings. The lowest BCUT2D eigenvalue weighted by Crippen LogP contribution is -2.44. The van der Waals surface area contributed by atoms with Crippen LogP contribution in [0.3, 0.4) is 0 Å². The van der Waals surface area contributed by atoms with E-state index in [0.717, 1.165) is 31.9 Å². The molecule has 2 N–H and O–H groups in total. The maximum Gasteiger partial charge on any atom is 0.211 e. The summed E-state index contributed by atoms with van der Waals surface area (Å²) in [5, 5.41) is 6.70. The van der Waals surface area contributed by atoms with Gasteiger partial charge in [-0.05, 0) is 50.7 Å². The second-order valence-electron chi connectivity index (χ2n) is 7.11. The Bertz CT molecular complexity index is 729. The molecule has 0 aliphatic carbocycles. The van der Waals surface area contributed by atoms with E-state index in [9.17, 15) is 8.42 Å². The van der Waals surface area contributed by atoms with Crippen molar-refractivity contribution in [2.45, 2.75) is 40.2 Å². The molecule has 27 heavy (non-hydrogen) atoms. The fourth-order valence-corrected chi connectivity index (χ4v) is 4.09. The number of halogens is 1. The molecular weight excluding hydrogens is 475 g/mol. The number of nitrogens with zero attached hydrogens (tertiary/aromatic N) is 2. The largest absolute Gasteiger partial charge is 0.357 e. The summed E-state index contributed by atoms with van der Waals surface area (Å²) in [5.74, 6) is 1.29. The first-order chi connectivity index (χ1) is 12.3. The van der Waals surface area contributed by atoms with Gasteiger partial charge in [-0.3, -0.25) is 0 Å². The average Bonchev–Trinajstić information content (AvgIpc) is 2.58. The van der Waals surface area contributed by atoms with Gasteiger partial charge in [0.15, 0.2) is 5.96 Å². The Morgan fingerprint density at radius 3 is 2.44 bits per heavy atom. The molecule has 0 saturated carbocycles. The number of hydrogen-bond donors (Lipinski definition) is 2. The van der Waals surface area contributed by atoms with Crippen LogP contribution < -0.4 is 10.6 Å². The molecule has 0 aromatic heterocycles. The lowest BCUT2D eigenvalue weighted by molar-refractivity contribution is 0.275. The molecule has 1 aromatic rings. The molecule has 0 bridgehead atoms. The molecule has 1 aliphatic rings. The van der Waals surface area contributed by atoms with Gasteiger partial charge in [0.1, 0.15) is 0 Å². The molecule has 154 valence electrons. The minimum atomic E-state index is -3.06. The minimum Gasteiger partial charge on any atom is -0.357 e. The highest BCUT2D eigenvalue weighted by Crippen LogP contribution is 2.18. The van der Waals surface area contributed by atoms with Crippen LogP contribution >= 0.6 is 24.0 Å². The molecular formula is C19H33IN4O2S. The number of hydrogen-bond acceptors (Lipinski definition) is 3. The van der Waals surface area contributed by atoms with Crippen LogP contribution in [0.25, 0.3) is 0 Å². The van der Waals surface area contributed by atoms with Gasteiger partial charge in [-0.25, -0.2) is 17.7 Å². The quantitative estimate of drug-likeness (QED) is 0.352. The van der Waals surface area contributed by atoms with Crippen molar-refractivity contribution in [2.75, 3.05) is 32.4 Å². The Kier molecular flexibility index (Phi) is 10.0. The third kappa shape index (κ3) is 7.95. The molecule has 0 amide bonds. The van der Waals surface area contributed by atoms with Crippen LogP contribution in [0.4, 0.5) is 0 Å². The summed E-state index contributed by atoms with van der Waals surface area (Å²) in [6.07, 6.45) is 3.06. The number of piperidine rings is 1. The maximum absolute atomic E-state index is 11.6. The van der Waals surface area contributed by atoms with Gasteiger partial charge in [-0.2, -0.15) is 0 Å². The molecule has 1 saturated heterocycles. The normalized spacial score (nSPS) is 16.7. The third-order valence-electron chi connectivity index (χ3n) is 4.85. The molecule has 0 spiro atoms. The van der Waals surface area contributed by atoms with Crippen LogP contribution in [0, 0.1) is 19.8 Å². The highest BCUT2D eigenvalue weighted by atomic mass is 127. The summed E-state index contributed by atoms with van der Waals surface area (Å²) in [7, 11) is -3.06. The SMILES string of the molecule is CCNC(=NCc1ccc(C)cc1C)NCC1CCN(S(C)(=O)=O)CC1.I. The Morgan fingerprint density at radius 2 is 1.89 bits per heavy atom. The summed E-state index contributed by atoms with van der Waals surface area (Å²) in [4.78, 5) is 4.70. The van der Waals surface area contributed by atoms with E-state index in [1.165, 1.54) is 22.9 Å². The van der Waals surface area contributed by atoms with Gasteiger partial charge in [-0.1, -0.05) is 23.8 Å². The Balaban J connectivity index is 0.00000364. The number of sulfonamides is 1. The first-order valence-electron chi connectivity index (χ1n) is 9.33. The van der Waals surface area contributed by atoms with Crippen LogP contribution in [-0.4, -0.2) is 51.1 Å². The number of guanidine groups is 1. The van der Waals surface area contributed by atoms with Crippen molar-refractivity contribution >= 4 is 40.0 Å². The second-order valence-corrected chi connectivity index (χ2v) is 9.09. The summed E-state index contributed by atoms with van der Waals surface area (Å²) >= 11 is 0. The van der Waals surface area contributed by atoms with Gasteiger partial charge in [0.05, 0.1) is 12.8 Å². The Hall–Kier alpha value is -0.870. The van der Waals surface area contributed by atoms with Gasteiger partial charge in [0.25, 0.3) is 0 Å². The van der Waals surface area contributed by atoms with Crippen molar-refractivity contribution in [3.8, 4) is 0 Å². The number of aliphatic imine (C=N–C) groups is 1. The van der Waals surface area contributed by atoms with Crippen LogP contribution in [0.2, 0.25) is 0 Å². The van der Waals surface area contributed by atoms with Crippen molar-refractivity contribution in [2.24, 2.45) is 10.9 Å². The monoisotopic (exact) mass is 508 g/mol. The zero-order chi connectivity index (χ0) is 19.2. The van der Waals surface area contributed by atoms with Crippen LogP contribution in [0.1, 0.15) is 36.5 Å². The number of benzene rings is 1. The van der Waals surface area contributed by atoms with Crippen LogP contribution in [0.15, 0.2) is 23.2 Å². The lowest BCUT2D eigenvalue weighted by Gasteiger charge is -2.30. The molecule has 6 nitrogen and oxygen atoms in total. The second kappa shape index (κ2) is 11.2. The third-order valence-corrected chi connectivity index (χ3v) is 6.15. The topological polar surface area (TPSA) is 73.8 Å². The molecule has 0 unspecified atom stereocenters. The minimum absolute atomic E-state index is 0. The first kappa shape index (κ1) is 24.2. The molecule has 8 heteroatoms. The summed E-state index contributed by atoms with van der Waals surface area (Å²) in [6, 6.07) is 6.44. The first-order valence-corrected chi connectivity index (χ1v) is 11.2. The molecule has 2 rings (SSSR count). The molecule has 0 atom stereocenters. The van der Waals surface area contributed by atoms with Crippen molar-refractivity contribution in [1.82, 2.24) is 14.9 Å². The average molecular weight is 508 g/mol. The zero-order valence-electron chi connectivity index (χ0n) is 16.8. The maximum atomic E-state index is 11.6. The molecule has 0 radical (unpaired) electrons. The van der Waals surface area contributed by atoms with Crippen molar-refractivity contribution in [3.63, 3.8) is 0 Å². The van der Waals surface area contributed by atoms with E-state index in [1.54, 1.807) is 4.31 Å². The standard InChI is InChI=1S/C19H32N4O2S.HI/c1-5-20-19(22-14-18-7-6-15(2)12-16(18)3)21-13-17-8-10-23(11-9-17)26(4,24)25;/h6-7,12,17H,5,8-11,13-14H2,1-4H3,(H2,20,21,22);1H. The Labute approximate surface area is 181 Å². The van der Waals surface area contributed by atoms with Crippen molar-refractivity contribution in [1.29, 1.82) is 0 Å². The predicted molar refractivity (Wildman–Crippen MR) is 123 cm³/mol. The zero-order valence-corrected chi connectivity index (χ0v) is 19.9. The molecule has 1 heterocycles. The van der Waals surface area contributed by atoms with Gasteiger partial charge < -0.3 is 10.6 Å². The van der Waals surface area contributed by atoms with E-state index in [0.29, 0.717) is 25.6 Å². The van der Waals surface area contributed by atoms with Crippen molar-refractivity contribution in [3.05, 3.63) is 34.9 Å². The number of aryl methyl sites for hydroxylation is 2. The van der Waals surface area contributed by atoms with Crippen LogP contribution in [-0.2, 0) is 16.6 Å². The Morgan fingerprint density at radius 1 is 1.22 bits per heavy atom. The van der Waals surface area contributed by atoms with Gasteiger partial charge in [0, 0.05) is 26.2 Å². The van der Waals surface area contributed by atoms with E-state index in [1.807, 2.05) is 0 Å².